The second-order valence-corrected chi connectivity index (χ2v) is 14.1. The molecule has 0 fully saturated rings. The molecule has 12 heteroatoms. The van der Waals surface area contributed by atoms with E-state index in [4.69, 9.17) is 9.47 Å². The molecule has 0 spiro atoms. The van der Waals surface area contributed by atoms with E-state index in [0.29, 0.717) is 12.2 Å². The lowest BCUT2D eigenvalue weighted by molar-refractivity contribution is -0.589. The molecule has 0 saturated carbocycles. The highest BCUT2D eigenvalue weighted by molar-refractivity contribution is 5.76. The van der Waals surface area contributed by atoms with E-state index in [9.17, 15) is 29.8 Å². The van der Waals surface area contributed by atoms with Crippen LogP contribution in [0.4, 0.5) is 22.7 Å². The number of ether oxygens (including phenoxy) is 2. The van der Waals surface area contributed by atoms with E-state index in [1.165, 1.54) is 12.1 Å². The van der Waals surface area contributed by atoms with Crippen LogP contribution in [0.1, 0.15) is 69.4 Å². The first-order chi connectivity index (χ1) is 25.5. The molecule has 0 saturated heterocycles. The molecule has 3 aromatic carbocycles. The highest BCUT2D eigenvalue weighted by Crippen LogP contribution is 2.47. The molecule has 0 bridgehead atoms. The molecule has 0 unspecified atom stereocenters. The molecule has 12 nitrogen and oxygen atoms in total. The minimum Gasteiger partial charge on any atom is -0.466 e. The Kier molecular flexibility index (Phi) is 13.1. The van der Waals surface area contributed by atoms with E-state index < -0.39 is 15.3 Å². The fourth-order valence-electron chi connectivity index (χ4n) is 6.66. The standard InChI is InChI=1S/C42H48N4O8/c1-9-53-39(47)24-29-16-18-36(43-27-31-20-32(45(49)50)26-33(21-31)46(51)52)34(22-29)41(4,5)28(3)14-12-11-13-15-38-42(6,7)35-23-30(25-40(48)54-10-2)17-19-37(35)44(38)8/h11-23,26,43H,3,9-10,24-25,27H2,1-2,4-8H3/p+1/b13-11+,14-12+,38-15+. The number of nitro benzene ring substituents is 2. The lowest BCUT2D eigenvalue weighted by Gasteiger charge is -2.28. The Balaban J connectivity index is 1.57. The van der Waals surface area contributed by atoms with Crippen LogP contribution in [0.2, 0.25) is 0 Å². The van der Waals surface area contributed by atoms with Gasteiger partial charge in [0.25, 0.3) is 11.4 Å². The fourth-order valence-corrected chi connectivity index (χ4v) is 6.66. The van der Waals surface area contributed by atoms with E-state index >= 15 is 0 Å². The molecule has 2 N–H and O–H groups in total. The first kappa shape index (κ1) is 40.9. The van der Waals surface area contributed by atoms with Crippen molar-refractivity contribution in [3.63, 3.8) is 0 Å². The maximum atomic E-state index is 12.4. The largest absolute Gasteiger partial charge is 0.466 e. The molecule has 3 aromatic rings. The Morgan fingerprint density at radius 2 is 1.43 bits per heavy atom. The van der Waals surface area contributed by atoms with Crippen LogP contribution in [0, 0.1) is 20.2 Å². The first-order valence-corrected chi connectivity index (χ1v) is 17.8. The molecule has 0 aromatic heterocycles. The number of likely N-dealkylation sites (N-methyl/N-ethyl adjacent to an activating group) is 1. The molecule has 0 atom stereocenters. The van der Waals surface area contributed by atoms with Crippen LogP contribution in [0.25, 0.3) is 0 Å². The quantitative estimate of drug-likeness (QED) is 0.0521. The summed E-state index contributed by atoms with van der Waals surface area (Å²) in [6.07, 6.45) is 10.1. The van der Waals surface area contributed by atoms with E-state index in [-0.39, 0.29) is 54.7 Å². The van der Waals surface area contributed by atoms with Gasteiger partial charge in [-0.25, -0.2) is 0 Å². The van der Waals surface area contributed by atoms with Gasteiger partial charge in [0, 0.05) is 52.5 Å². The molecule has 284 valence electrons. The zero-order chi connectivity index (χ0) is 39.8. The number of anilines is 1. The molecule has 1 aliphatic rings. The summed E-state index contributed by atoms with van der Waals surface area (Å²) in [4.78, 5) is 48.3. The van der Waals surface area contributed by atoms with Crippen molar-refractivity contribution in [2.45, 2.75) is 71.8 Å². The Hall–Kier alpha value is -5.88. The Morgan fingerprint density at radius 1 is 0.852 bits per heavy atom. The van der Waals surface area contributed by atoms with Gasteiger partial charge in [-0.3, -0.25) is 29.8 Å². The van der Waals surface area contributed by atoms with Gasteiger partial charge in [-0.1, -0.05) is 76.8 Å². The van der Waals surface area contributed by atoms with Crippen molar-refractivity contribution in [1.29, 1.82) is 0 Å². The summed E-state index contributed by atoms with van der Waals surface area (Å²) in [5.41, 5.74) is 6.21. The van der Waals surface area contributed by atoms with E-state index in [1.54, 1.807) is 13.8 Å². The number of non-ortho nitro benzene ring substituents is 2. The van der Waals surface area contributed by atoms with Gasteiger partial charge in [0.15, 0.2) is 0 Å². The first-order valence-electron chi connectivity index (χ1n) is 17.8. The third-order valence-electron chi connectivity index (χ3n) is 9.71. The zero-order valence-electron chi connectivity index (χ0n) is 32.0. The van der Waals surface area contributed by atoms with Gasteiger partial charge in [0.05, 0.1) is 42.0 Å². The van der Waals surface area contributed by atoms with Gasteiger partial charge in [-0.2, -0.15) is 0 Å². The monoisotopic (exact) mass is 737 g/mol. The van der Waals surface area contributed by atoms with Crippen molar-refractivity contribution >= 4 is 34.7 Å². The lowest BCUT2D eigenvalue weighted by atomic mass is 9.76. The lowest BCUT2D eigenvalue weighted by Crippen LogP contribution is -2.76. The number of allylic oxidation sites excluding steroid dienone is 7. The van der Waals surface area contributed by atoms with Gasteiger partial charge in [-0.05, 0) is 60.4 Å². The average Bonchev–Trinajstić information content (AvgIpc) is 3.30. The van der Waals surface area contributed by atoms with Gasteiger partial charge < -0.3 is 19.7 Å². The van der Waals surface area contributed by atoms with Crippen LogP contribution in [-0.2, 0) is 49.3 Å². The molecule has 54 heavy (non-hydrogen) atoms. The maximum absolute atomic E-state index is 12.4. The fraction of sp³-hybridized carbons (Fsp3) is 0.333. The van der Waals surface area contributed by atoms with Gasteiger partial charge in [0.1, 0.15) is 12.2 Å². The summed E-state index contributed by atoms with van der Waals surface area (Å²) >= 11 is 0. The third kappa shape index (κ3) is 9.56. The van der Waals surface area contributed by atoms with Crippen LogP contribution < -0.4 is 10.2 Å². The summed E-state index contributed by atoms with van der Waals surface area (Å²) in [5, 5.41) is 24.8. The summed E-state index contributed by atoms with van der Waals surface area (Å²) in [7, 11) is 2.03. The van der Waals surface area contributed by atoms with Crippen LogP contribution >= 0.6 is 0 Å². The zero-order valence-corrected chi connectivity index (χ0v) is 32.0. The number of carbonyl (C=O) groups excluding carboxylic acids is 2. The molecule has 0 radical (unpaired) electrons. The predicted molar refractivity (Wildman–Crippen MR) is 209 cm³/mol. The van der Waals surface area contributed by atoms with Crippen molar-refractivity contribution in [1.82, 2.24) is 0 Å². The highest BCUT2D eigenvalue weighted by Gasteiger charge is 2.38. The highest BCUT2D eigenvalue weighted by atomic mass is 16.6. The van der Waals surface area contributed by atoms with Crippen molar-refractivity contribution < 1.29 is 34.2 Å². The minimum atomic E-state index is -0.645. The Bertz CT molecular complexity index is 2010. The summed E-state index contributed by atoms with van der Waals surface area (Å²) in [6, 6.07) is 15.3. The van der Waals surface area contributed by atoms with Crippen molar-refractivity contribution in [3.8, 4) is 0 Å². The molecule has 0 amide bonds. The Morgan fingerprint density at radius 3 is 2.00 bits per heavy atom. The molecule has 1 aliphatic heterocycles. The van der Waals surface area contributed by atoms with Crippen LogP contribution in [0.3, 0.4) is 0 Å². The normalized spacial score (nSPS) is 14.4. The van der Waals surface area contributed by atoms with Crippen LogP contribution in [-0.4, -0.2) is 42.0 Å². The summed E-state index contributed by atoms with van der Waals surface area (Å²) in [5.74, 6) is -0.597. The predicted octanol–water partition coefficient (Wildman–Crippen LogP) is 7.37. The van der Waals surface area contributed by atoms with E-state index in [0.717, 1.165) is 51.0 Å². The number of hydrogen-bond acceptors (Lipinski definition) is 9. The van der Waals surface area contributed by atoms with Crippen molar-refractivity contribution in [2.24, 2.45) is 0 Å². The number of nitrogens with zero attached hydrogens (tertiary/aromatic N) is 3. The second-order valence-electron chi connectivity index (χ2n) is 14.1. The average molecular weight is 738 g/mol. The smallest absolute Gasteiger partial charge is 0.310 e. The number of rotatable bonds is 16. The van der Waals surface area contributed by atoms with Crippen LogP contribution in [0.15, 0.2) is 103 Å². The number of carbonyl (C=O) groups is 2. The number of nitrogens with two attached hydrogens (primary N) is 1. The topological polar surface area (TPSA) is 159 Å². The van der Waals surface area contributed by atoms with Crippen molar-refractivity contribution in [2.75, 3.05) is 25.2 Å². The number of hydrogen-bond donors (Lipinski definition) is 1. The van der Waals surface area contributed by atoms with E-state index in [2.05, 4.69) is 37.5 Å². The molecule has 4 rings (SSSR count). The second kappa shape index (κ2) is 17.3. The number of quaternary nitrogens is 1. The maximum Gasteiger partial charge on any atom is 0.310 e. The minimum absolute atomic E-state index is 0.0787. The summed E-state index contributed by atoms with van der Waals surface area (Å²) in [6.45, 7) is 17.1. The van der Waals surface area contributed by atoms with Gasteiger partial charge >= 0.3 is 11.9 Å². The van der Waals surface area contributed by atoms with Crippen LogP contribution in [0.5, 0.6) is 0 Å². The molecule has 1 heterocycles. The molecular formula is C42H49N4O8+. The van der Waals surface area contributed by atoms with Crippen molar-refractivity contribution in [3.05, 3.63) is 151 Å². The van der Waals surface area contributed by atoms with Gasteiger partial charge in [0.2, 0.25) is 0 Å². The SMILES string of the molecule is C=C(/C=C/C=C/C=C1/N(C)c2ccc(CC(=O)OCC)cc2C1(C)C)C(C)(C)c1cc(CC(=O)OCC)ccc1[NH2+]Cc1cc([N+](=O)[O-])cc([N+](=O)[O-])c1. The number of fused-ring (bicyclic) bond motifs is 1. The van der Waals surface area contributed by atoms with E-state index in [1.807, 2.05) is 80.8 Å². The number of esters is 2. The Labute approximate surface area is 316 Å². The molecular weight excluding hydrogens is 688 g/mol. The van der Waals surface area contributed by atoms with Gasteiger partial charge in [-0.15, -0.1) is 0 Å². The third-order valence-corrected chi connectivity index (χ3v) is 9.71. The number of benzene rings is 3. The number of nitro groups is 2. The molecule has 0 aliphatic carbocycles. The summed E-state index contributed by atoms with van der Waals surface area (Å²) < 4.78 is 10.3.